The van der Waals surface area contributed by atoms with Crippen molar-refractivity contribution in [3.63, 3.8) is 0 Å². The maximum Gasteiger partial charge on any atom is 0.205 e. The van der Waals surface area contributed by atoms with Gasteiger partial charge in [0.1, 0.15) is 5.82 Å². The lowest BCUT2D eigenvalue weighted by atomic mass is 9.98. The van der Waals surface area contributed by atoms with Gasteiger partial charge in [0.25, 0.3) is 0 Å². The summed E-state index contributed by atoms with van der Waals surface area (Å²) in [4.78, 5) is 4.70. The molecule has 0 unspecified atom stereocenters. The summed E-state index contributed by atoms with van der Waals surface area (Å²) in [5.74, 6) is 2.46. The van der Waals surface area contributed by atoms with Gasteiger partial charge in [-0.3, -0.25) is 0 Å². The molecule has 146 valence electrons. The van der Waals surface area contributed by atoms with Crippen LogP contribution in [0.5, 0.6) is 0 Å². The third-order valence-corrected chi connectivity index (χ3v) is 4.76. The molecule has 0 aliphatic rings. The van der Waals surface area contributed by atoms with Gasteiger partial charge >= 0.3 is 0 Å². The van der Waals surface area contributed by atoms with Gasteiger partial charge in [-0.2, -0.15) is 10.3 Å². The number of aryl methyl sites for hydroxylation is 1. The van der Waals surface area contributed by atoms with Crippen LogP contribution in [0.4, 0.5) is 0 Å². The maximum absolute atomic E-state index is 4.70. The smallest absolute Gasteiger partial charge is 0.205 e. The third-order valence-electron chi connectivity index (χ3n) is 4.76. The number of allylic oxidation sites excluding steroid dienone is 2. The first kappa shape index (κ1) is 18.7. The second kappa shape index (κ2) is 8.60. The summed E-state index contributed by atoms with van der Waals surface area (Å²) in [6.07, 6.45) is 5.71. The van der Waals surface area contributed by atoms with Gasteiger partial charge in [-0.25, -0.2) is 9.67 Å². The first-order valence-corrected chi connectivity index (χ1v) is 9.74. The summed E-state index contributed by atoms with van der Waals surface area (Å²) in [7, 11) is 0. The van der Waals surface area contributed by atoms with E-state index in [0.29, 0.717) is 5.82 Å². The van der Waals surface area contributed by atoms with Gasteiger partial charge in [-0.15, -0.1) is 10.2 Å². The van der Waals surface area contributed by atoms with Crippen molar-refractivity contribution in [2.45, 2.75) is 33.2 Å². The molecule has 7 heteroatoms. The summed E-state index contributed by atoms with van der Waals surface area (Å²) in [5.41, 5.74) is 4.33. The Morgan fingerprint density at radius 1 is 1.03 bits per heavy atom. The first-order valence-electron chi connectivity index (χ1n) is 9.74. The number of H-pyrrole nitrogens is 1. The summed E-state index contributed by atoms with van der Waals surface area (Å²) in [6.45, 7) is 4.84. The highest BCUT2D eigenvalue weighted by molar-refractivity contribution is 5.80. The van der Waals surface area contributed by atoms with Crippen LogP contribution < -0.4 is 0 Å². The molecule has 0 aliphatic carbocycles. The quantitative estimate of drug-likeness (QED) is 0.488. The van der Waals surface area contributed by atoms with Crippen molar-refractivity contribution in [2.24, 2.45) is 0 Å². The molecule has 0 atom stereocenters. The molecular weight excluding hydrogens is 362 g/mol. The van der Waals surface area contributed by atoms with Crippen LogP contribution in [0.3, 0.4) is 0 Å². The Kier molecular flexibility index (Phi) is 5.56. The SMILES string of the molecule is C/C=C/Cn1nc(CC)nc1Cc1ccc(-c2ccccc2-c2nn[nH]n2)cc1. The van der Waals surface area contributed by atoms with Crippen LogP contribution in [0.2, 0.25) is 0 Å². The molecule has 0 saturated carbocycles. The highest BCUT2D eigenvalue weighted by Gasteiger charge is 2.12. The summed E-state index contributed by atoms with van der Waals surface area (Å²) in [6, 6.07) is 16.6. The zero-order valence-electron chi connectivity index (χ0n) is 16.6. The van der Waals surface area contributed by atoms with Crippen molar-refractivity contribution in [1.82, 2.24) is 35.4 Å². The Labute approximate surface area is 169 Å². The van der Waals surface area contributed by atoms with Gasteiger partial charge in [0, 0.05) is 18.4 Å². The molecule has 2 aromatic carbocycles. The van der Waals surface area contributed by atoms with E-state index in [-0.39, 0.29) is 0 Å². The Bertz CT molecular complexity index is 1090. The minimum Gasteiger partial charge on any atom is -0.246 e. The minimum atomic E-state index is 0.592. The van der Waals surface area contributed by atoms with Gasteiger partial charge in [-0.05, 0) is 28.8 Å². The Hall–Kier alpha value is -3.61. The molecule has 0 aliphatic heterocycles. The summed E-state index contributed by atoms with van der Waals surface area (Å²) < 4.78 is 1.98. The minimum absolute atomic E-state index is 0.592. The molecule has 0 amide bonds. The standard InChI is InChI=1S/C22H23N7/c1-3-5-14-29-21(23-20(4-2)26-29)15-16-10-12-17(13-11-16)18-8-6-7-9-19(18)22-24-27-28-25-22/h3,5-13H,4,14-15H2,1-2H3,(H,24,25,27,28)/b5-3+. The lowest BCUT2D eigenvalue weighted by Crippen LogP contribution is -2.05. The molecule has 1 N–H and O–H groups in total. The second-order valence-electron chi connectivity index (χ2n) is 6.70. The molecule has 4 rings (SSSR count). The van der Waals surface area contributed by atoms with Crippen LogP contribution in [-0.4, -0.2) is 35.4 Å². The number of nitrogens with zero attached hydrogens (tertiary/aromatic N) is 6. The number of nitrogens with one attached hydrogen (secondary N) is 1. The molecule has 4 aromatic rings. The Morgan fingerprint density at radius 2 is 1.83 bits per heavy atom. The fourth-order valence-electron chi connectivity index (χ4n) is 3.25. The zero-order valence-corrected chi connectivity index (χ0v) is 16.6. The van der Waals surface area contributed by atoms with E-state index in [1.807, 2.05) is 35.9 Å². The van der Waals surface area contributed by atoms with Crippen molar-refractivity contribution < 1.29 is 0 Å². The highest BCUT2D eigenvalue weighted by Crippen LogP contribution is 2.29. The molecule has 0 spiro atoms. The third kappa shape index (κ3) is 4.13. The number of hydrogen-bond acceptors (Lipinski definition) is 5. The molecule has 0 radical (unpaired) electrons. The number of rotatable bonds is 7. The van der Waals surface area contributed by atoms with E-state index >= 15 is 0 Å². The molecule has 2 aromatic heterocycles. The molecule has 29 heavy (non-hydrogen) atoms. The van der Waals surface area contributed by atoms with E-state index in [0.717, 1.165) is 47.7 Å². The number of tetrazole rings is 1. The fraction of sp³-hybridized carbons (Fsp3) is 0.227. The van der Waals surface area contributed by atoms with Gasteiger partial charge < -0.3 is 0 Å². The van der Waals surface area contributed by atoms with Crippen LogP contribution in [-0.2, 0) is 19.4 Å². The fourth-order valence-corrected chi connectivity index (χ4v) is 3.25. The lowest BCUT2D eigenvalue weighted by molar-refractivity contribution is 0.653. The normalized spacial score (nSPS) is 11.4. The predicted molar refractivity (Wildman–Crippen MR) is 112 cm³/mol. The van der Waals surface area contributed by atoms with Crippen molar-refractivity contribution in [3.8, 4) is 22.5 Å². The van der Waals surface area contributed by atoms with E-state index in [1.54, 1.807) is 0 Å². The monoisotopic (exact) mass is 385 g/mol. The average molecular weight is 385 g/mol. The van der Waals surface area contributed by atoms with Crippen LogP contribution in [0.1, 0.15) is 31.1 Å². The largest absolute Gasteiger partial charge is 0.246 e. The number of hydrogen-bond donors (Lipinski definition) is 1. The highest BCUT2D eigenvalue weighted by atomic mass is 15.5. The van der Waals surface area contributed by atoms with E-state index < -0.39 is 0 Å². The van der Waals surface area contributed by atoms with E-state index in [2.05, 4.69) is 69.1 Å². The Balaban J connectivity index is 1.60. The van der Waals surface area contributed by atoms with E-state index in [4.69, 9.17) is 4.98 Å². The summed E-state index contributed by atoms with van der Waals surface area (Å²) in [5, 5.41) is 19.0. The van der Waals surface area contributed by atoms with Crippen LogP contribution in [0.15, 0.2) is 60.7 Å². The van der Waals surface area contributed by atoms with Gasteiger partial charge in [0.2, 0.25) is 5.82 Å². The van der Waals surface area contributed by atoms with E-state index in [1.165, 1.54) is 5.56 Å². The maximum atomic E-state index is 4.70. The Morgan fingerprint density at radius 3 is 2.52 bits per heavy atom. The number of benzene rings is 2. The van der Waals surface area contributed by atoms with Crippen molar-refractivity contribution in [1.29, 1.82) is 0 Å². The van der Waals surface area contributed by atoms with Gasteiger partial charge in [0.05, 0.1) is 6.54 Å². The molecule has 2 heterocycles. The first-order chi connectivity index (χ1) is 14.3. The van der Waals surface area contributed by atoms with Crippen LogP contribution in [0, 0.1) is 0 Å². The molecule has 7 nitrogen and oxygen atoms in total. The molecule has 0 fully saturated rings. The van der Waals surface area contributed by atoms with E-state index in [9.17, 15) is 0 Å². The molecule has 0 bridgehead atoms. The van der Waals surface area contributed by atoms with Crippen LogP contribution >= 0.6 is 0 Å². The zero-order chi connectivity index (χ0) is 20.1. The van der Waals surface area contributed by atoms with Crippen molar-refractivity contribution >= 4 is 0 Å². The van der Waals surface area contributed by atoms with Gasteiger partial charge in [-0.1, -0.05) is 67.6 Å². The molecular formula is C22H23N7. The van der Waals surface area contributed by atoms with Crippen molar-refractivity contribution in [3.05, 3.63) is 77.9 Å². The van der Waals surface area contributed by atoms with Crippen LogP contribution in [0.25, 0.3) is 22.5 Å². The van der Waals surface area contributed by atoms with Crippen molar-refractivity contribution in [2.75, 3.05) is 0 Å². The lowest BCUT2D eigenvalue weighted by Gasteiger charge is -2.08. The number of aromatic nitrogens is 7. The predicted octanol–water partition coefficient (Wildman–Crippen LogP) is 3.85. The number of aromatic amines is 1. The van der Waals surface area contributed by atoms with Gasteiger partial charge in [0.15, 0.2) is 5.82 Å². The average Bonchev–Trinajstić information content (AvgIpc) is 3.43. The topological polar surface area (TPSA) is 85.2 Å². The molecule has 0 saturated heterocycles. The second-order valence-corrected chi connectivity index (χ2v) is 6.70. The summed E-state index contributed by atoms with van der Waals surface area (Å²) >= 11 is 0.